The fourth-order valence-corrected chi connectivity index (χ4v) is 4.29. The van der Waals surface area contributed by atoms with Gasteiger partial charge in [-0.15, -0.1) is 0 Å². The van der Waals surface area contributed by atoms with Crippen molar-refractivity contribution in [3.63, 3.8) is 0 Å². The van der Waals surface area contributed by atoms with Crippen molar-refractivity contribution >= 4 is 41.4 Å². The highest BCUT2D eigenvalue weighted by Gasteiger charge is 2.40. The number of carbonyl (C=O) groups excluding carboxylic acids is 3. The molecule has 0 aromatic carbocycles. The first kappa shape index (κ1) is 24.9. The molecule has 0 spiro atoms. The summed E-state index contributed by atoms with van der Waals surface area (Å²) < 4.78 is 0. The van der Waals surface area contributed by atoms with Crippen molar-refractivity contribution in [3.05, 3.63) is 0 Å². The van der Waals surface area contributed by atoms with E-state index in [2.05, 4.69) is 16.0 Å². The third kappa shape index (κ3) is 7.10. The Bertz CT molecular complexity index is 699. The number of aliphatic carboxylic acids is 2. The van der Waals surface area contributed by atoms with Crippen LogP contribution in [-0.2, 0) is 24.0 Å². The van der Waals surface area contributed by atoms with E-state index < -0.39 is 60.2 Å². The molecule has 0 radical (unpaired) electrons. The molecule has 174 valence electrons. The highest BCUT2D eigenvalue weighted by molar-refractivity contribution is 7.98. The van der Waals surface area contributed by atoms with Crippen LogP contribution < -0.4 is 16.0 Å². The summed E-state index contributed by atoms with van der Waals surface area (Å²) in [6.07, 6.45) is 3.74. The summed E-state index contributed by atoms with van der Waals surface area (Å²) in [5.41, 5.74) is 0. The topological polar surface area (TPSA) is 165 Å². The van der Waals surface area contributed by atoms with Gasteiger partial charge in [0, 0.05) is 6.54 Å². The lowest BCUT2D eigenvalue weighted by molar-refractivity contribution is -0.147. The second-order valence-electron chi connectivity index (χ2n) is 7.68. The first-order valence-electron chi connectivity index (χ1n) is 10.3. The van der Waals surface area contributed by atoms with Crippen molar-refractivity contribution in [1.29, 1.82) is 0 Å². The Kier molecular flexibility index (Phi) is 9.56. The molecule has 2 heterocycles. The summed E-state index contributed by atoms with van der Waals surface area (Å²) in [6.45, 7) is 0.901. The zero-order valence-corrected chi connectivity index (χ0v) is 18.3. The Balaban J connectivity index is 2.07. The van der Waals surface area contributed by atoms with Crippen molar-refractivity contribution in [2.24, 2.45) is 0 Å². The van der Waals surface area contributed by atoms with Crippen LogP contribution in [0, 0.1) is 0 Å². The third-order valence-electron chi connectivity index (χ3n) is 5.43. The van der Waals surface area contributed by atoms with E-state index in [1.807, 2.05) is 6.26 Å². The smallest absolute Gasteiger partial charge is 0.326 e. The van der Waals surface area contributed by atoms with Crippen LogP contribution in [0.15, 0.2) is 0 Å². The van der Waals surface area contributed by atoms with Gasteiger partial charge in [-0.2, -0.15) is 11.8 Å². The molecule has 2 rings (SSSR count). The number of rotatable bonds is 11. The average molecular weight is 459 g/mol. The van der Waals surface area contributed by atoms with E-state index >= 15 is 0 Å². The number of likely N-dealkylation sites (tertiary alicyclic amines) is 1. The summed E-state index contributed by atoms with van der Waals surface area (Å²) in [5, 5.41) is 26.5. The van der Waals surface area contributed by atoms with Gasteiger partial charge < -0.3 is 31.1 Å². The van der Waals surface area contributed by atoms with Crippen LogP contribution in [0.5, 0.6) is 0 Å². The minimum absolute atomic E-state index is 0.229. The average Bonchev–Trinajstić information content (AvgIpc) is 3.41. The zero-order chi connectivity index (χ0) is 23.0. The van der Waals surface area contributed by atoms with Crippen LogP contribution in [0.1, 0.15) is 38.5 Å². The fourth-order valence-electron chi connectivity index (χ4n) is 3.82. The normalized spacial score (nSPS) is 22.5. The van der Waals surface area contributed by atoms with E-state index in [-0.39, 0.29) is 13.0 Å². The molecule has 2 aliphatic heterocycles. The molecule has 0 aliphatic carbocycles. The van der Waals surface area contributed by atoms with Gasteiger partial charge in [0.25, 0.3) is 0 Å². The van der Waals surface area contributed by atoms with Crippen molar-refractivity contribution < 1.29 is 34.2 Å². The molecule has 4 unspecified atom stereocenters. The minimum Gasteiger partial charge on any atom is -0.481 e. The van der Waals surface area contributed by atoms with Crippen LogP contribution in [0.25, 0.3) is 0 Å². The molecule has 11 nitrogen and oxygen atoms in total. The molecule has 3 amide bonds. The summed E-state index contributed by atoms with van der Waals surface area (Å²) in [4.78, 5) is 62.2. The lowest BCUT2D eigenvalue weighted by Gasteiger charge is -2.29. The van der Waals surface area contributed by atoms with Gasteiger partial charge in [-0.3, -0.25) is 19.2 Å². The number of hydrogen-bond donors (Lipinski definition) is 5. The highest BCUT2D eigenvalue weighted by Crippen LogP contribution is 2.20. The van der Waals surface area contributed by atoms with Gasteiger partial charge in [-0.25, -0.2) is 4.79 Å². The van der Waals surface area contributed by atoms with Crippen LogP contribution in [0.2, 0.25) is 0 Å². The lowest BCUT2D eigenvalue weighted by Crippen LogP contribution is -2.57. The summed E-state index contributed by atoms with van der Waals surface area (Å²) in [5.74, 6) is -3.54. The Labute approximate surface area is 184 Å². The molecule has 12 heteroatoms. The van der Waals surface area contributed by atoms with Crippen molar-refractivity contribution in [2.75, 3.05) is 25.1 Å². The molecule has 0 aromatic heterocycles. The molecule has 31 heavy (non-hydrogen) atoms. The number of nitrogens with zero attached hydrogens (tertiary/aromatic N) is 1. The number of carboxylic acids is 2. The molecule has 2 aliphatic rings. The van der Waals surface area contributed by atoms with Gasteiger partial charge in [0.05, 0.1) is 12.5 Å². The Morgan fingerprint density at radius 2 is 1.77 bits per heavy atom. The SMILES string of the molecule is CSCCC(NC(=O)C1CCCN1C(=O)C(CC(=O)O)NC(=O)C1CCCN1)C(=O)O. The van der Waals surface area contributed by atoms with E-state index in [4.69, 9.17) is 0 Å². The van der Waals surface area contributed by atoms with E-state index in [9.17, 15) is 34.2 Å². The second-order valence-corrected chi connectivity index (χ2v) is 8.66. The van der Waals surface area contributed by atoms with Crippen LogP contribution in [-0.4, -0.2) is 94.0 Å². The first-order chi connectivity index (χ1) is 14.7. The predicted octanol–water partition coefficient (Wildman–Crippen LogP) is -0.989. The number of carboxylic acid groups (broad SMARTS) is 2. The van der Waals surface area contributed by atoms with Gasteiger partial charge in [0.2, 0.25) is 17.7 Å². The summed E-state index contributed by atoms with van der Waals surface area (Å²) in [6, 6.07) is -3.75. The van der Waals surface area contributed by atoms with Gasteiger partial charge in [-0.1, -0.05) is 0 Å². The Hall–Kier alpha value is -2.34. The number of hydrogen-bond acceptors (Lipinski definition) is 7. The van der Waals surface area contributed by atoms with Gasteiger partial charge in [0.1, 0.15) is 18.1 Å². The largest absolute Gasteiger partial charge is 0.481 e. The molecule has 0 saturated carbocycles. The summed E-state index contributed by atoms with van der Waals surface area (Å²) >= 11 is 1.46. The van der Waals surface area contributed by atoms with Crippen LogP contribution in [0.3, 0.4) is 0 Å². The maximum atomic E-state index is 13.1. The van der Waals surface area contributed by atoms with E-state index in [0.29, 0.717) is 31.6 Å². The first-order valence-corrected chi connectivity index (χ1v) is 11.7. The number of amides is 3. The zero-order valence-electron chi connectivity index (χ0n) is 17.5. The molecule has 5 N–H and O–H groups in total. The maximum absolute atomic E-state index is 13.1. The molecule has 2 fully saturated rings. The lowest BCUT2D eigenvalue weighted by atomic mass is 10.1. The van der Waals surface area contributed by atoms with Gasteiger partial charge >= 0.3 is 11.9 Å². The minimum atomic E-state index is -1.30. The Morgan fingerprint density at radius 1 is 1.06 bits per heavy atom. The second kappa shape index (κ2) is 11.9. The molecule has 0 aromatic rings. The number of carbonyl (C=O) groups is 5. The number of nitrogens with one attached hydrogen (secondary N) is 3. The fraction of sp³-hybridized carbons (Fsp3) is 0.737. The monoisotopic (exact) mass is 458 g/mol. The van der Waals surface area contributed by atoms with Crippen LogP contribution in [0.4, 0.5) is 0 Å². The maximum Gasteiger partial charge on any atom is 0.326 e. The van der Waals surface area contributed by atoms with Crippen molar-refractivity contribution in [1.82, 2.24) is 20.9 Å². The van der Waals surface area contributed by atoms with E-state index in [1.165, 1.54) is 16.7 Å². The molecular formula is C19H30N4O7S. The number of thioether (sulfide) groups is 1. The van der Waals surface area contributed by atoms with Crippen molar-refractivity contribution in [3.8, 4) is 0 Å². The standard InChI is InChI=1S/C19H30N4O7S/c1-31-9-6-12(19(29)30)21-17(27)14-5-3-8-23(14)18(28)13(10-15(24)25)22-16(26)11-4-2-7-20-11/h11-14,20H,2-10H2,1H3,(H,21,27)(H,22,26)(H,24,25)(H,29,30). The van der Waals surface area contributed by atoms with E-state index in [1.54, 1.807) is 0 Å². The summed E-state index contributed by atoms with van der Waals surface area (Å²) in [7, 11) is 0. The third-order valence-corrected chi connectivity index (χ3v) is 6.08. The quantitative estimate of drug-likeness (QED) is 0.261. The highest BCUT2D eigenvalue weighted by atomic mass is 32.2. The van der Waals surface area contributed by atoms with Gasteiger partial charge in [-0.05, 0) is 50.7 Å². The molecule has 0 bridgehead atoms. The van der Waals surface area contributed by atoms with E-state index in [0.717, 1.165) is 6.42 Å². The van der Waals surface area contributed by atoms with Crippen molar-refractivity contribution in [2.45, 2.75) is 62.7 Å². The molecule has 2 saturated heterocycles. The van der Waals surface area contributed by atoms with Gasteiger partial charge in [0.15, 0.2) is 0 Å². The molecular weight excluding hydrogens is 428 g/mol. The predicted molar refractivity (Wildman–Crippen MR) is 113 cm³/mol. The molecule has 4 atom stereocenters. The van der Waals surface area contributed by atoms with Crippen LogP contribution >= 0.6 is 11.8 Å². The Morgan fingerprint density at radius 3 is 2.35 bits per heavy atom.